The number of halogens is 8. The largest absolute Gasteiger partial charge is 0.416 e. The predicted molar refractivity (Wildman–Crippen MR) is 123 cm³/mol. The van der Waals surface area contributed by atoms with Gasteiger partial charge >= 0.3 is 12.4 Å². The molecule has 1 aliphatic heterocycles. The molecule has 0 saturated carbocycles. The van der Waals surface area contributed by atoms with Crippen molar-refractivity contribution in [3.8, 4) is 6.07 Å². The molecule has 0 aromatic heterocycles. The van der Waals surface area contributed by atoms with E-state index in [-0.39, 0.29) is 55.7 Å². The Morgan fingerprint density at radius 1 is 0.857 bits per heavy atom. The lowest BCUT2D eigenvalue weighted by Crippen LogP contribution is -2.48. The van der Waals surface area contributed by atoms with Crippen molar-refractivity contribution in [1.82, 2.24) is 9.80 Å². The lowest BCUT2D eigenvalue weighted by Gasteiger charge is -2.38. The smallest absolute Gasteiger partial charge is 0.375 e. The van der Waals surface area contributed by atoms with Crippen molar-refractivity contribution in [2.45, 2.75) is 25.0 Å². The second-order valence-electron chi connectivity index (χ2n) is 7.83. The molecule has 2 aromatic carbocycles. The average molecular weight is 544 g/mol. The molecule has 2 aromatic rings. The van der Waals surface area contributed by atoms with Gasteiger partial charge in [-0.25, -0.2) is 0 Å². The fraction of sp³-hybridized carbons (Fsp3) is 0.435. The maximum atomic E-state index is 13.1. The molecule has 12 heteroatoms. The molecule has 1 saturated heterocycles. The van der Waals surface area contributed by atoms with Gasteiger partial charge < -0.3 is 4.74 Å². The van der Waals surface area contributed by atoms with Crippen LogP contribution >= 0.6 is 24.8 Å². The van der Waals surface area contributed by atoms with E-state index in [1.54, 1.807) is 0 Å². The number of rotatable bonds is 7. The number of benzene rings is 2. The molecule has 1 atom stereocenters. The van der Waals surface area contributed by atoms with Crippen molar-refractivity contribution in [2.75, 3.05) is 39.3 Å². The molecule has 3 rings (SSSR count). The first-order valence-electron chi connectivity index (χ1n) is 10.3. The first kappa shape index (κ1) is 31.0. The normalized spacial score (nSPS) is 16.0. The highest BCUT2D eigenvalue weighted by molar-refractivity contribution is 5.85. The van der Waals surface area contributed by atoms with Gasteiger partial charge in [-0.3, -0.25) is 9.80 Å². The van der Waals surface area contributed by atoms with Crippen molar-refractivity contribution in [2.24, 2.45) is 0 Å². The third-order valence-corrected chi connectivity index (χ3v) is 5.52. The SMILES string of the molecule is Cl.Cl.N#CCN1CCN([C@H](COCc2cc(C(F)(F)F)cc(C(F)(F)F)c2)c2ccccc2)CC1. The molecule has 0 spiro atoms. The van der Waals surface area contributed by atoms with Gasteiger partial charge in [-0.15, -0.1) is 24.8 Å². The molecule has 35 heavy (non-hydrogen) atoms. The Hall–Kier alpha value is -2.03. The van der Waals surface area contributed by atoms with Crippen molar-refractivity contribution in [1.29, 1.82) is 5.26 Å². The summed E-state index contributed by atoms with van der Waals surface area (Å²) in [5.41, 5.74) is -1.97. The molecule has 0 N–H and O–H groups in total. The molecular weight excluding hydrogens is 519 g/mol. The van der Waals surface area contributed by atoms with Gasteiger partial charge in [0.15, 0.2) is 0 Å². The van der Waals surface area contributed by atoms with Crippen LogP contribution in [0, 0.1) is 11.3 Å². The van der Waals surface area contributed by atoms with Crippen LogP contribution in [-0.2, 0) is 23.7 Å². The minimum Gasteiger partial charge on any atom is -0.375 e. The molecule has 0 amide bonds. The predicted octanol–water partition coefficient (Wildman–Crippen LogP) is 5.97. The molecule has 1 aliphatic rings. The highest BCUT2D eigenvalue weighted by Crippen LogP contribution is 2.36. The van der Waals surface area contributed by atoms with E-state index >= 15 is 0 Å². The van der Waals surface area contributed by atoms with Gasteiger partial charge in [0.2, 0.25) is 0 Å². The monoisotopic (exact) mass is 543 g/mol. The van der Waals surface area contributed by atoms with Gasteiger partial charge in [0.25, 0.3) is 0 Å². The Labute approximate surface area is 212 Å². The van der Waals surface area contributed by atoms with E-state index in [9.17, 15) is 26.3 Å². The van der Waals surface area contributed by atoms with Crippen molar-refractivity contribution in [3.05, 3.63) is 70.8 Å². The lowest BCUT2D eigenvalue weighted by molar-refractivity contribution is -0.143. The number of hydrogen-bond donors (Lipinski definition) is 0. The quantitative estimate of drug-likeness (QED) is 0.318. The lowest BCUT2D eigenvalue weighted by atomic mass is 10.0. The summed E-state index contributed by atoms with van der Waals surface area (Å²) in [4.78, 5) is 4.16. The molecule has 1 heterocycles. The number of hydrogen-bond acceptors (Lipinski definition) is 4. The van der Waals surface area contributed by atoms with E-state index in [1.165, 1.54) is 0 Å². The third kappa shape index (κ3) is 8.85. The molecule has 0 aliphatic carbocycles. The van der Waals surface area contributed by atoms with E-state index in [0.29, 0.717) is 44.9 Å². The van der Waals surface area contributed by atoms with Crippen LogP contribution in [0.25, 0.3) is 0 Å². The summed E-state index contributed by atoms with van der Waals surface area (Å²) in [6.45, 7) is 2.72. The zero-order valence-corrected chi connectivity index (χ0v) is 20.1. The average Bonchev–Trinajstić information content (AvgIpc) is 2.77. The summed E-state index contributed by atoms with van der Waals surface area (Å²) in [7, 11) is 0. The van der Waals surface area contributed by atoms with Crippen LogP contribution in [0.15, 0.2) is 48.5 Å². The van der Waals surface area contributed by atoms with Crippen LogP contribution in [-0.4, -0.2) is 49.1 Å². The minimum absolute atomic E-state index is 0. The Kier molecular flexibility index (Phi) is 11.8. The highest BCUT2D eigenvalue weighted by atomic mass is 35.5. The molecule has 0 bridgehead atoms. The Balaban J connectivity index is 0.00000306. The zero-order chi connectivity index (χ0) is 24.1. The molecule has 1 fully saturated rings. The molecule has 0 unspecified atom stereocenters. The van der Waals surface area contributed by atoms with Crippen molar-refractivity contribution >= 4 is 24.8 Å². The molecule has 194 valence electrons. The highest BCUT2D eigenvalue weighted by Gasteiger charge is 2.37. The van der Waals surface area contributed by atoms with Crippen LogP contribution in [0.2, 0.25) is 0 Å². The number of ether oxygens (including phenoxy) is 1. The second-order valence-corrected chi connectivity index (χ2v) is 7.83. The van der Waals surface area contributed by atoms with Gasteiger partial charge in [0, 0.05) is 26.2 Å². The van der Waals surface area contributed by atoms with E-state index in [0.717, 1.165) is 5.56 Å². The van der Waals surface area contributed by atoms with Gasteiger partial charge in [-0.05, 0) is 29.3 Å². The summed E-state index contributed by atoms with van der Waals surface area (Å²) in [6, 6.07) is 12.8. The van der Waals surface area contributed by atoms with Crippen LogP contribution in [0.1, 0.15) is 28.3 Å². The molecular formula is C23H25Cl2F6N3O. The first-order chi connectivity index (χ1) is 15.6. The second kappa shape index (κ2) is 13.3. The molecule has 0 radical (unpaired) electrons. The summed E-state index contributed by atoms with van der Waals surface area (Å²) in [5.74, 6) is 0. The first-order valence-corrected chi connectivity index (χ1v) is 10.3. The zero-order valence-electron chi connectivity index (χ0n) is 18.5. The maximum Gasteiger partial charge on any atom is 0.416 e. The van der Waals surface area contributed by atoms with Crippen LogP contribution in [0.4, 0.5) is 26.3 Å². The Bertz CT molecular complexity index is 926. The van der Waals surface area contributed by atoms with Gasteiger partial charge in [0.1, 0.15) is 0 Å². The van der Waals surface area contributed by atoms with Gasteiger partial charge in [-0.1, -0.05) is 30.3 Å². The number of alkyl halides is 6. The number of nitrogens with zero attached hydrogens (tertiary/aromatic N) is 3. The Morgan fingerprint density at radius 3 is 1.89 bits per heavy atom. The number of nitriles is 1. The van der Waals surface area contributed by atoms with Crippen LogP contribution < -0.4 is 0 Å². The van der Waals surface area contributed by atoms with E-state index < -0.39 is 23.5 Å². The van der Waals surface area contributed by atoms with Crippen LogP contribution in [0.5, 0.6) is 0 Å². The summed E-state index contributed by atoms with van der Waals surface area (Å²) < 4.78 is 84.2. The van der Waals surface area contributed by atoms with Gasteiger partial charge in [0.05, 0.1) is 43.0 Å². The fourth-order valence-corrected chi connectivity index (χ4v) is 3.81. The third-order valence-electron chi connectivity index (χ3n) is 5.52. The van der Waals surface area contributed by atoms with Crippen LogP contribution in [0.3, 0.4) is 0 Å². The number of piperazine rings is 1. The summed E-state index contributed by atoms with van der Waals surface area (Å²) in [6.07, 6.45) is -9.79. The topological polar surface area (TPSA) is 39.5 Å². The van der Waals surface area contributed by atoms with E-state index in [1.807, 2.05) is 35.2 Å². The van der Waals surface area contributed by atoms with Gasteiger partial charge in [-0.2, -0.15) is 31.6 Å². The van der Waals surface area contributed by atoms with Crippen molar-refractivity contribution in [3.63, 3.8) is 0 Å². The standard InChI is InChI=1S/C23H23F6N3O.2ClH/c24-22(25,26)19-12-17(13-20(14-19)23(27,28)29)15-33-16-21(18-4-2-1-3-5-18)32-10-8-31(7-6-30)9-11-32;;/h1-5,12-14,21H,7-11,15-16H2;2*1H/t21-;;/m1../s1. The Morgan fingerprint density at radius 2 is 1.40 bits per heavy atom. The fourth-order valence-electron chi connectivity index (χ4n) is 3.81. The van der Waals surface area contributed by atoms with E-state index in [2.05, 4.69) is 11.0 Å². The minimum atomic E-state index is -4.90. The van der Waals surface area contributed by atoms with Crippen molar-refractivity contribution < 1.29 is 31.1 Å². The molecule has 4 nitrogen and oxygen atoms in total. The maximum absolute atomic E-state index is 13.1. The van der Waals surface area contributed by atoms with E-state index in [4.69, 9.17) is 10.00 Å². The summed E-state index contributed by atoms with van der Waals surface area (Å²) >= 11 is 0. The summed E-state index contributed by atoms with van der Waals surface area (Å²) in [5, 5.41) is 8.87.